The lowest BCUT2D eigenvalue weighted by Crippen LogP contribution is -2.32. The Balaban J connectivity index is 1.51. The van der Waals surface area contributed by atoms with Crippen LogP contribution in [0.1, 0.15) is 22.3 Å². The van der Waals surface area contributed by atoms with Crippen LogP contribution in [0.2, 0.25) is 0 Å². The molecule has 1 aliphatic rings. The molecule has 1 aliphatic heterocycles. The molecule has 0 aliphatic carbocycles. The highest BCUT2D eigenvalue weighted by atomic mass is 19.3. The molecule has 0 unspecified atom stereocenters. The largest absolute Gasteiger partial charge is 0.475 e. The van der Waals surface area contributed by atoms with Crippen molar-refractivity contribution in [2.45, 2.75) is 6.43 Å². The zero-order valence-electron chi connectivity index (χ0n) is 16.1. The topological polar surface area (TPSA) is 99.2 Å². The molecule has 10 heteroatoms. The van der Waals surface area contributed by atoms with Crippen molar-refractivity contribution >= 4 is 28.4 Å². The van der Waals surface area contributed by atoms with E-state index in [1.165, 1.54) is 23.4 Å². The summed E-state index contributed by atoms with van der Waals surface area (Å²) in [6, 6.07) is 9.68. The lowest BCUT2D eigenvalue weighted by Gasteiger charge is -2.20. The maximum absolute atomic E-state index is 13.1. The van der Waals surface area contributed by atoms with Gasteiger partial charge < -0.3 is 19.9 Å². The molecule has 4 aromatic rings. The second kappa shape index (κ2) is 7.31. The van der Waals surface area contributed by atoms with Gasteiger partial charge in [-0.3, -0.25) is 4.79 Å². The number of alkyl halides is 2. The third kappa shape index (κ3) is 3.21. The molecular formula is C21H16F2N6O2. The van der Waals surface area contributed by atoms with Gasteiger partial charge in [0, 0.05) is 22.8 Å². The number of halogens is 2. The van der Waals surface area contributed by atoms with E-state index in [1.807, 2.05) is 12.1 Å². The van der Waals surface area contributed by atoms with Gasteiger partial charge in [-0.25, -0.2) is 23.7 Å². The molecule has 1 amide bonds. The van der Waals surface area contributed by atoms with Crippen molar-refractivity contribution in [2.75, 3.05) is 23.8 Å². The summed E-state index contributed by atoms with van der Waals surface area (Å²) in [6.45, 7) is 0.530. The van der Waals surface area contributed by atoms with Gasteiger partial charge in [0.05, 0.1) is 18.4 Å². The molecule has 3 aromatic heterocycles. The summed E-state index contributed by atoms with van der Waals surface area (Å²) < 4.78 is 33.0. The lowest BCUT2D eigenvalue weighted by atomic mass is 10.2. The van der Waals surface area contributed by atoms with E-state index in [-0.39, 0.29) is 41.9 Å². The quantitative estimate of drug-likeness (QED) is 0.544. The predicted octanol–water partition coefficient (Wildman–Crippen LogP) is 3.37. The summed E-state index contributed by atoms with van der Waals surface area (Å²) in [6.07, 6.45) is 2.11. The fourth-order valence-corrected chi connectivity index (χ4v) is 3.56. The van der Waals surface area contributed by atoms with E-state index in [0.29, 0.717) is 17.0 Å². The number of hydrogen-bond donors (Lipinski definition) is 1. The number of aromatic nitrogens is 4. The van der Waals surface area contributed by atoms with Gasteiger partial charge >= 0.3 is 0 Å². The summed E-state index contributed by atoms with van der Waals surface area (Å²) in [5.41, 5.74) is 7.88. The van der Waals surface area contributed by atoms with Crippen LogP contribution in [0.5, 0.6) is 5.88 Å². The second-order valence-electron chi connectivity index (χ2n) is 6.93. The maximum Gasteiger partial charge on any atom is 0.267 e. The van der Waals surface area contributed by atoms with Crippen LogP contribution in [0.4, 0.5) is 20.3 Å². The van der Waals surface area contributed by atoms with Gasteiger partial charge in [-0.15, -0.1) is 0 Å². The standard InChI is InChI=1S/C21H16F2N6O2/c22-17(23)12-1-3-14(4-2-12)28-6-5-13-9-15(10-25-19(13)28)29-7-8-31-20-16(21(29)30)18(24)26-11-27-20/h1-6,9-11,17H,7-8H2,(H2,24,26,27). The molecule has 2 N–H and O–H groups in total. The Morgan fingerprint density at radius 1 is 1.06 bits per heavy atom. The summed E-state index contributed by atoms with van der Waals surface area (Å²) in [4.78, 5) is 27.0. The third-order valence-electron chi connectivity index (χ3n) is 5.10. The molecule has 1 aromatic carbocycles. The monoisotopic (exact) mass is 422 g/mol. The minimum absolute atomic E-state index is 0.0408. The molecule has 5 rings (SSSR count). The number of fused-ring (bicyclic) bond motifs is 2. The number of nitrogens with two attached hydrogens (primary N) is 1. The fraction of sp³-hybridized carbons (Fsp3) is 0.143. The normalized spacial score (nSPS) is 13.9. The van der Waals surface area contributed by atoms with Crippen molar-refractivity contribution in [1.29, 1.82) is 0 Å². The van der Waals surface area contributed by atoms with Gasteiger partial charge in [0.1, 0.15) is 30.0 Å². The van der Waals surface area contributed by atoms with E-state index >= 15 is 0 Å². The molecule has 0 saturated carbocycles. The molecule has 0 atom stereocenters. The number of carbonyl (C=O) groups is 1. The van der Waals surface area contributed by atoms with E-state index in [1.54, 1.807) is 29.1 Å². The second-order valence-corrected chi connectivity index (χ2v) is 6.93. The number of pyridine rings is 1. The molecule has 0 spiro atoms. The van der Waals surface area contributed by atoms with E-state index in [9.17, 15) is 13.6 Å². The first-order chi connectivity index (χ1) is 15.0. The van der Waals surface area contributed by atoms with Crippen molar-refractivity contribution in [3.8, 4) is 11.6 Å². The summed E-state index contributed by atoms with van der Waals surface area (Å²) in [5, 5.41) is 0.783. The van der Waals surface area contributed by atoms with Crippen LogP contribution < -0.4 is 15.4 Å². The molecule has 0 radical (unpaired) electrons. The van der Waals surface area contributed by atoms with E-state index < -0.39 is 6.43 Å². The fourth-order valence-electron chi connectivity index (χ4n) is 3.56. The number of hydrogen-bond acceptors (Lipinski definition) is 6. The van der Waals surface area contributed by atoms with Crippen molar-refractivity contribution in [3.63, 3.8) is 0 Å². The van der Waals surface area contributed by atoms with Gasteiger partial charge in [-0.2, -0.15) is 0 Å². The average Bonchev–Trinajstić information content (AvgIpc) is 3.11. The Kier molecular flexibility index (Phi) is 4.46. The maximum atomic E-state index is 13.1. The van der Waals surface area contributed by atoms with Crippen LogP contribution >= 0.6 is 0 Å². The Bertz CT molecular complexity index is 1290. The Hall–Kier alpha value is -4.08. The number of nitrogen functional groups attached to an aromatic ring is 1. The van der Waals surface area contributed by atoms with E-state index in [4.69, 9.17) is 10.5 Å². The zero-order valence-corrected chi connectivity index (χ0v) is 16.1. The van der Waals surface area contributed by atoms with Crippen molar-refractivity contribution in [2.24, 2.45) is 0 Å². The van der Waals surface area contributed by atoms with E-state index in [0.717, 1.165) is 5.39 Å². The summed E-state index contributed by atoms with van der Waals surface area (Å²) in [7, 11) is 0. The molecule has 0 saturated heterocycles. The highest BCUT2D eigenvalue weighted by molar-refractivity contribution is 6.11. The zero-order chi connectivity index (χ0) is 21.5. The number of rotatable bonds is 3. The number of anilines is 2. The molecule has 31 heavy (non-hydrogen) atoms. The first-order valence-electron chi connectivity index (χ1n) is 9.43. The number of carbonyl (C=O) groups excluding carboxylic acids is 1. The Labute approximate surface area is 174 Å². The third-order valence-corrected chi connectivity index (χ3v) is 5.10. The number of nitrogens with zero attached hydrogens (tertiary/aromatic N) is 5. The SMILES string of the molecule is Nc1ncnc2c1C(=O)N(c1cnc3c(ccn3-c3ccc(C(F)F)cc3)c1)CCO2. The van der Waals surface area contributed by atoms with Crippen LogP contribution in [-0.4, -0.2) is 38.6 Å². The Morgan fingerprint density at radius 3 is 2.65 bits per heavy atom. The molecule has 8 nitrogen and oxygen atoms in total. The number of amides is 1. The highest BCUT2D eigenvalue weighted by Gasteiger charge is 2.29. The summed E-state index contributed by atoms with van der Waals surface area (Å²) in [5.74, 6) is -0.157. The van der Waals surface area contributed by atoms with Crippen LogP contribution in [0.3, 0.4) is 0 Å². The molecule has 0 bridgehead atoms. The van der Waals surface area contributed by atoms with Gasteiger partial charge in [0.15, 0.2) is 0 Å². The van der Waals surface area contributed by atoms with Crippen molar-refractivity contribution in [3.05, 3.63) is 66.2 Å². The highest BCUT2D eigenvalue weighted by Crippen LogP contribution is 2.29. The molecule has 156 valence electrons. The van der Waals surface area contributed by atoms with Gasteiger partial charge in [0.2, 0.25) is 5.88 Å². The van der Waals surface area contributed by atoms with Gasteiger partial charge in [-0.05, 0) is 24.3 Å². The number of benzene rings is 1. The average molecular weight is 422 g/mol. The molecular weight excluding hydrogens is 406 g/mol. The first kappa shape index (κ1) is 18.9. The predicted molar refractivity (Wildman–Crippen MR) is 110 cm³/mol. The van der Waals surface area contributed by atoms with E-state index in [2.05, 4.69) is 15.0 Å². The molecule has 4 heterocycles. The van der Waals surface area contributed by atoms with Crippen LogP contribution in [0.15, 0.2) is 55.1 Å². The minimum atomic E-state index is -2.52. The van der Waals surface area contributed by atoms with Crippen LogP contribution in [-0.2, 0) is 0 Å². The van der Waals surface area contributed by atoms with Gasteiger partial charge in [0.25, 0.3) is 12.3 Å². The smallest absolute Gasteiger partial charge is 0.267 e. The van der Waals surface area contributed by atoms with Crippen molar-refractivity contribution in [1.82, 2.24) is 19.5 Å². The summed E-state index contributed by atoms with van der Waals surface area (Å²) >= 11 is 0. The minimum Gasteiger partial charge on any atom is -0.475 e. The van der Waals surface area contributed by atoms with Crippen LogP contribution in [0, 0.1) is 0 Å². The van der Waals surface area contributed by atoms with Crippen molar-refractivity contribution < 1.29 is 18.3 Å². The van der Waals surface area contributed by atoms with Gasteiger partial charge in [-0.1, -0.05) is 12.1 Å². The van der Waals surface area contributed by atoms with Crippen LogP contribution in [0.25, 0.3) is 16.7 Å². The Morgan fingerprint density at radius 2 is 1.87 bits per heavy atom. The number of ether oxygens (including phenoxy) is 1. The lowest BCUT2D eigenvalue weighted by molar-refractivity contribution is 0.0990. The first-order valence-corrected chi connectivity index (χ1v) is 9.43. The molecule has 0 fully saturated rings.